The Balaban J connectivity index is 0.899. The molecule has 13 nitrogen and oxygen atoms in total. The predicted molar refractivity (Wildman–Crippen MR) is 204 cm³/mol. The number of carbonyl (C=O) groups is 6. The Labute approximate surface area is 317 Å². The average Bonchev–Trinajstić information content (AvgIpc) is 3.69. The van der Waals surface area contributed by atoms with Gasteiger partial charge in [-0.25, -0.2) is 0 Å². The molecule has 4 heterocycles. The number of H-pyrrole nitrogens is 1. The molecule has 1 aliphatic carbocycles. The number of anilines is 2. The minimum absolute atomic E-state index is 0.0108. The van der Waals surface area contributed by atoms with Crippen LogP contribution in [0.3, 0.4) is 0 Å². The fourth-order valence-electron chi connectivity index (χ4n) is 8.69. The number of aryl methyl sites for hydroxylation is 1. The van der Waals surface area contributed by atoms with Crippen LogP contribution >= 0.6 is 0 Å². The Morgan fingerprint density at radius 1 is 0.964 bits per heavy atom. The topological polar surface area (TPSA) is 185 Å². The van der Waals surface area contributed by atoms with E-state index in [1.807, 2.05) is 6.07 Å². The summed E-state index contributed by atoms with van der Waals surface area (Å²) in [6.45, 7) is 8.03. The minimum atomic E-state index is -1.05. The molecule has 1 aromatic heterocycles. The van der Waals surface area contributed by atoms with Crippen LogP contribution in [0.2, 0.25) is 0 Å². The summed E-state index contributed by atoms with van der Waals surface area (Å²) >= 11 is 0. The lowest BCUT2D eigenvalue weighted by molar-refractivity contribution is -0.136. The average molecular weight is 740 g/mol. The van der Waals surface area contributed by atoms with E-state index in [9.17, 15) is 34.0 Å². The van der Waals surface area contributed by atoms with Crippen molar-refractivity contribution in [3.05, 3.63) is 93.2 Å². The fourth-order valence-corrected chi connectivity index (χ4v) is 8.69. The molecule has 0 spiro atoms. The molecule has 3 aromatic carbocycles. The molecule has 4 aromatic rings. The summed E-state index contributed by atoms with van der Waals surface area (Å²) in [7, 11) is 0. The van der Waals surface area contributed by atoms with E-state index >= 15 is 0 Å². The summed E-state index contributed by atoms with van der Waals surface area (Å²) in [5.41, 5.74) is 6.96. The van der Waals surface area contributed by atoms with E-state index in [-0.39, 0.29) is 54.7 Å². The molecule has 2 saturated heterocycles. The first-order valence-electron chi connectivity index (χ1n) is 18.8. The molecule has 55 heavy (non-hydrogen) atoms. The lowest BCUT2D eigenvalue weighted by atomic mass is 9.70. The zero-order chi connectivity index (χ0) is 38.8. The second kappa shape index (κ2) is 13.5. The van der Waals surface area contributed by atoms with Gasteiger partial charge in [-0.2, -0.15) is 5.26 Å². The van der Waals surface area contributed by atoms with E-state index in [1.165, 1.54) is 6.07 Å². The number of nitrogens with one attached hydrogen (secondary N) is 4. The number of amides is 5. The number of rotatable bonds is 8. The third-order valence-corrected chi connectivity index (χ3v) is 11.6. The second-order valence-corrected chi connectivity index (χ2v) is 15.3. The number of carbonyl (C=O) groups excluding carboxylic acids is 6. The minimum Gasteiger partial charge on any atom is -0.384 e. The van der Waals surface area contributed by atoms with Gasteiger partial charge >= 0.3 is 0 Å². The second-order valence-electron chi connectivity index (χ2n) is 15.3. The molecule has 1 atom stereocenters. The van der Waals surface area contributed by atoms with Crippen LogP contribution in [0.15, 0.2) is 48.5 Å². The normalized spacial score (nSPS) is 19.2. The molecule has 3 aliphatic heterocycles. The van der Waals surface area contributed by atoms with E-state index in [2.05, 4.69) is 64.8 Å². The molecule has 0 bridgehead atoms. The Morgan fingerprint density at radius 2 is 1.75 bits per heavy atom. The van der Waals surface area contributed by atoms with Gasteiger partial charge in [0.2, 0.25) is 17.7 Å². The van der Waals surface area contributed by atoms with Crippen molar-refractivity contribution in [1.29, 1.82) is 5.26 Å². The summed E-state index contributed by atoms with van der Waals surface area (Å²) in [6.07, 6.45) is 2.50. The van der Waals surface area contributed by atoms with Crippen LogP contribution in [0.1, 0.15) is 112 Å². The van der Waals surface area contributed by atoms with Gasteiger partial charge in [0, 0.05) is 77.5 Å². The predicted octanol–water partition coefficient (Wildman–Crippen LogP) is 4.46. The number of hydrogen-bond acceptors (Lipinski definition) is 9. The van der Waals surface area contributed by atoms with Crippen LogP contribution in [-0.2, 0) is 26.2 Å². The molecule has 4 N–H and O–H groups in total. The molecular formula is C42H41N7O6. The first-order valence-corrected chi connectivity index (χ1v) is 18.8. The van der Waals surface area contributed by atoms with Crippen LogP contribution in [-0.4, -0.2) is 76.9 Å². The van der Waals surface area contributed by atoms with Crippen LogP contribution < -0.4 is 20.9 Å². The summed E-state index contributed by atoms with van der Waals surface area (Å²) in [5.74, 6) is -2.44. The molecule has 13 heteroatoms. The molecule has 8 rings (SSSR count). The van der Waals surface area contributed by atoms with Crippen LogP contribution in [0.5, 0.6) is 0 Å². The third kappa shape index (κ3) is 5.92. The van der Waals surface area contributed by atoms with Crippen molar-refractivity contribution in [1.82, 2.24) is 20.5 Å². The highest BCUT2D eigenvalue weighted by Crippen LogP contribution is 2.46. The number of aromatic nitrogens is 1. The Kier molecular flexibility index (Phi) is 8.79. The van der Waals surface area contributed by atoms with Gasteiger partial charge < -0.3 is 20.5 Å². The summed E-state index contributed by atoms with van der Waals surface area (Å²) in [5, 5.41) is 18.8. The largest absolute Gasteiger partial charge is 0.384 e. The molecule has 2 fully saturated rings. The molecule has 5 amide bonds. The standard InChI is InChI=1S/C42H41N7O6/c1-4-23-19-27-28(42(2,3)38-36(37(27)52)25-9-8-22(21-43)18-30(25)46-38)20-32(23)48-16-13-24(14-17-48)45-34(51)12-15-44-29-7-5-6-26-35(29)41(55)49(40(26)54)31-10-11-33(50)47-39(31)53/h5-9,18-20,24,31,44,46H,4,10-17H2,1-3H3,(H,45,51)(H,47,50,53). The number of hydrogen-bond donors (Lipinski definition) is 4. The maximum atomic E-state index is 14.1. The third-order valence-electron chi connectivity index (χ3n) is 11.6. The van der Waals surface area contributed by atoms with Crippen LogP contribution in [0.4, 0.5) is 11.4 Å². The highest BCUT2D eigenvalue weighted by atomic mass is 16.2. The van der Waals surface area contributed by atoms with E-state index in [0.717, 1.165) is 70.7 Å². The maximum absolute atomic E-state index is 14.1. The molecule has 280 valence electrons. The molecule has 1 unspecified atom stereocenters. The molecule has 4 aliphatic rings. The highest BCUT2D eigenvalue weighted by Gasteiger charge is 2.46. The highest BCUT2D eigenvalue weighted by molar-refractivity contribution is 6.25. The van der Waals surface area contributed by atoms with Gasteiger partial charge in [0.05, 0.1) is 28.3 Å². The summed E-state index contributed by atoms with van der Waals surface area (Å²) in [6, 6.07) is 15.6. The van der Waals surface area contributed by atoms with Gasteiger partial charge in [0.15, 0.2) is 5.78 Å². The quantitative estimate of drug-likeness (QED) is 0.190. The Morgan fingerprint density at radius 3 is 2.47 bits per heavy atom. The first-order chi connectivity index (χ1) is 26.4. The fraction of sp³-hybridized carbons (Fsp3) is 0.357. The van der Waals surface area contributed by atoms with Crippen LogP contribution in [0, 0.1) is 11.3 Å². The van der Waals surface area contributed by atoms with Crippen molar-refractivity contribution in [2.75, 3.05) is 29.9 Å². The number of ketones is 1. The van der Waals surface area contributed by atoms with Gasteiger partial charge in [-0.3, -0.25) is 39.0 Å². The maximum Gasteiger partial charge on any atom is 0.264 e. The SMILES string of the molecule is CCc1cc2c(cc1N1CCC(NC(=O)CCNc3cccc4c3C(=O)N(C3CCC(=O)NC3=O)C4=O)CC1)C(C)(C)c1[nH]c3cc(C#N)ccc3c1C2=O. The monoisotopic (exact) mass is 739 g/mol. The first kappa shape index (κ1) is 35.7. The van der Waals surface area contributed by atoms with Gasteiger partial charge in [-0.15, -0.1) is 0 Å². The smallest absolute Gasteiger partial charge is 0.264 e. The number of imide groups is 2. The van der Waals surface area contributed by atoms with E-state index < -0.39 is 35.1 Å². The van der Waals surface area contributed by atoms with Gasteiger partial charge in [0.1, 0.15) is 6.04 Å². The summed E-state index contributed by atoms with van der Waals surface area (Å²) in [4.78, 5) is 84.5. The van der Waals surface area contributed by atoms with Crippen molar-refractivity contribution in [2.45, 2.75) is 76.8 Å². The van der Waals surface area contributed by atoms with Crippen molar-refractivity contribution in [2.24, 2.45) is 0 Å². The number of piperidine rings is 2. The van der Waals surface area contributed by atoms with E-state index in [1.54, 1.807) is 24.3 Å². The molecule has 0 radical (unpaired) electrons. The molecular weight excluding hydrogens is 699 g/mol. The number of nitrogens with zero attached hydrogens (tertiary/aromatic N) is 3. The van der Waals surface area contributed by atoms with Gasteiger partial charge in [-0.1, -0.05) is 32.9 Å². The van der Waals surface area contributed by atoms with Gasteiger partial charge in [0.25, 0.3) is 11.8 Å². The zero-order valence-electron chi connectivity index (χ0n) is 30.9. The number of nitriles is 1. The molecule has 0 saturated carbocycles. The zero-order valence-corrected chi connectivity index (χ0v) is 30.9. The number of aromatic amines is 1. The van der Waals surface area contributed by atoms with E-state index in [4.69, 9.17) is 0 Å². The summed E-state index contributed by atoms with van der Waals surface area (Å²) < 4.78 is 0. The van der Waals surface area contributed by atoms with Gasteiger partial charge in [-0.05, 0) is 73.2 Å². The Bertz CT molecular complexity index is 2400. The Hall–Kier alpha value is -6.29. The van der Waals surface area contributed by atoms with Crippen molar-refractivity contribution < 1.29 is 28.8 Å². The van der Waals surface area contributed by atoms with Crippen molar-refractivity contribution in [3.63, 3.8) is 0 Å². The van der Waals surface area contributed by atoms with Crippen molar-refractivity contribution in [3.8, 4) is 6.07 Å². The van der Waals surface area contributed by atoms with Crippen molar-refractivity contribution >= 4 is 57.6 Å². The number of benzene rings is 3. The van der Waals surface area contributed by atoms with Crippen LogP contribution in [0.25, 0.3) is 10.9 Å². The lowest BCUT2D eigenvalue weighted by Gasteiger charge is -2.38. The lowest BCUT2D eigenvalue weighted by Crippen LogP contribution is -2.54. The number of fused-ring (bicyclic) bond motifs is 5. The van der Waals surface area contributed by atoms with E-state index in [0.29, 0.717) is 22.4 Å².